The summed E-state index contributed by atoms with van der Waals surface area (Å²) in [6.07, 6.45) is 2.05. The quantitative estimate of drug-likeness (QED) is 0.624. The van der Waals surface area contributed by atoms with Gasteiger partial charge in [-0.05, 0) is 33.6 Å². The van der Waals surface area contributed by atoms with Crippen molar-refractivity contribution in [2.45, 2.75) is 58.8 Å². The molecular weight excluding hydrogens is 189 g/mol. The topological polar surface area (TPSA) is 29.5 Å². The molecule has 15 heavy (non-hydrogen) atoms. The third-order valence-corrected chi connectivity index (χ3v) is 2.70. The van der Waals surface area contributed by atoms with Crippen LogP contribution in [0.15, 0.2) is 0 Å². The monoisotopic (exact) mass is 211 g/mol. The molecule has 0 saturated carbocycles. The van der Waals surface area contributed by atoms with Crippen molar-refractivity contribution in [1.82, 2.24) is 4.90 Å². The molecule has 0 aromatic carbocycles. The van der Waals surface area contributed by atoms with E-state index in [4.69, 9.17) is 4.74 Å². The van der Waals surface area contributed by atoms with Gasteiger partial charge in [-0.3, -0.25) is 0 Å². The van der Waals surface area contributed by atoms with Crippen molar-refractivity contribution < 1.29 is 9.53 Å². The molecule has 1 fully saturated rings. The molecule has 1 heterocycles. The summed E-state index contributed by atoms with van der Waals surface area (Å²) in [5.74, 6) is 0.361. The standard InChI is InChI=1S/C11H22BNO2/c1-11(2,3)15-10(14)13-8-6-7-9(13)12(4)5/h9H,6-8H2,1-5H3/t9-/m0/s1. The number of hydrogen-bond donors (Lipinski definition) is 0. The van der Waals surface area contributed by atoms with Gasteiger partial charge in [-0.25, -0.2) is 4.79 Å². The maximum Gasteiger partial charge on any atom is 0.409 e. The van der Waals surface area contributed by atoms with Crippen molar-refractivity contribution >= 4 is 12.8 Å². The number of hydrogen-bond acceptors (Lipinski definition) is 2. The average molecular weight is 211 g/mol. The summed E-state index contributed by atoms with van der Waals surface area (Å²) in [5, 5.41) is 0. The van der Waals surface area contributed by atoms with Gasteiger partial charge < -0.3 is 9.64 Å². The number of carbonyl (C=O) groups is 1. The van der Waals surface area contributed by atoms with E-state index in [-0.39, 0.29) is 11.7 Å². The summed E-state index contributed by atoms with van der Waals surface area (Å²) in [7, 11) is 0. The van der Waals surface area contributed by atoms with Crippen molar-refractivity contribution in [2.24, 2.45) is 0 Å². The summed E-state index contributed by atoms with van der Waals surface area (Å²) >= 11 is 0. The Kier molecular flexibility index (Phi) is 3.69. The van der Waals surface area contributed by atoms with E-state index in [0.29, 0.717) is 12.7 Å². The molecule has 0 spiro atoms. The molecule has 0 unspecified atom stereocenters. The Balaban J connectivity index is 2.59. The number of carbonyl (C=O) groups excluding carboxylic acids is 1. The van der Waals surface area contributed by atoms with Crippen LogP contribution in [0.25, 0.3) is 0 Å². The average Bonchev–Trinajstić information content (AvgIpc) is 2.47. The molecule has 1 amide bonds. The van der Waals surface area contributed by atoms with Gasteiger partial charge in [0, 0.05) is 12.5 Å². The maximum atomic E-state index is 11.9. The molecule has 0 aliphatic carbocycles. The smallest absolute Gasteiger partial charge is 0.409 e. The molecule has 1 aliphatic heterocycles. The van der Waals surface area contributed by atoms with Gasteiger partial charge in [0.15, 0.2) is 6.71 Å². The fraction of sp³-hybridized carbons (Fsp3) is 0.909. The van der Waals surface area contributed by atoms with Gasteiger partial charge in [-0.2, -0.15) is 0 Å². The molecule has 1 saturated heterocycles. The highest BCUT2D eigenvalue weighted by Gasteiger charge is 2.34. The summed E-state index contributed by atoms with van der Waals surface area (Å²) in [5.41, 5.74) is -0.388. The number of likely N-dealkylation sites (tertiary alicyclic amines) is 1. The molecule has 4 heteroatoms. The lowest BCUT2D eigenvalue weighted by Gasteiger charge is -2.29. The second-order valence-corrected chi connectivity index (χ2v) is 5.63. The number of amides is 1. The molecule has 3 nitrogen and oxygen atoms in total. The first-order valence-corrected chi connectivity index (χ1v) is 5.81. The van der Waals surface area contributed by atoms with E-state index in [1.54, 1.807) is 0 Å². The fourth-order valence-electron chi connectivity index (χ4n) is 2.03. The predicted octanol–water partition coefficient (Wildman–Crippen LogP) is 2.68. The van der Waals surface area contributed by atoms with Crippen molar-refractivity contribution in [3.8, 4) is 0 Å². The molecule has 1 rings (SSSR count). The zero-order valence-corrected chi connectivity index (χ0v) is 10.5. The highest BCUT2D eigenvalue weighted by atomic mass is 16.6. The second kappa shape index (κ2) is 4.46. The van der Waals surface area contributed by atoms with Gasteiger partial charge in [0.05, 0.1) is 0 Å². The third-order valence-electron chi connectivity index (χ3n) is 2.70. The van der Waals surface area contributed by atoms with Crippen LogP contribution in [-0.2, 0) is 4.74 Å². The van der Waals surface area contributed by atoms with Crippen LogP contribution in [0.3, 0.4) is 0 Å². The molecule has 1 atom stereocenters. The highest BCUT2D eigenvalue weighted by Crippen LogP contribution is 2.22. The molecule has 86 valence electrons. The normalized spacial score (nSPS) is 21.7. The minimum atomic E-state index is -0.388. The van der Waals surface area contributed by atoms with Crippen molar-refractivity contribution in [3.05, 3.63) is 0 Å². The van der Waals surface area contributed by atoms with Crippen molar-refractivity contribution in [3.63, 3.8) is 0 Å². The number of nitrogens with zero attached hydrogens (tertiary/aromatic N) is 1. The molecule has 1 aliphatic rings. The van der Waals surface area contributed by atoms with Gasteiger partial charge in [-0.1, -0.05) is 13.6 Å². The predicted molar refractivity (Wildman–Crippen MR) is 63.4 cm³/mol. The third kappa shape index (κ3) is 3.43. The lowest BCUT2D eigenvalue weighted by molar-refractivity contribution is 0.0269. The van der Waals surface area contributed by atoms with Crippen LogP contribution in [0.1, 0.15) is 33.6 Å². The summed E-state index contributed by atoms with van der Waals surface area (Å²) in [6, 6.07) is 0. The first kappa shape index (κ1) is 12.4. The molecule has 0 aromatic rings. The zero-order chi connectivity index (χ0) is 11.6. The van der Waals surface area contributed by atoms with Gasteiger partial charge in [0.2, 0.25) is 0 Å². The maximum absolute atomic E-state index is 11.9. The first-order chi connectivity index (χ1) is 6.81. The van der Waals surface area contributed by atoms with Gasteiger partial charge in [0.1, 0.15) is 5.60 Å². The molecule has 0 bridgehead atoms. The first-order valence-electron chi connectivity index (χ1n) is 5.81. The van der Waals surface area contributed by atoms with Crippen LogP contribution in [0.4, 0.5) is 4.79 Å². The van der Waals surface area contributed by atoms with E-state index in [1.807, 2.05) is 25.7 Å². The van der Waals surface area contributed by atoms with Gasteiger partial charge in [0.25, 0.3) is 0 Å². The van der Waals surface area contributed by atoms with Crippen LogP contribution < -0.4 is 0 Å². The number of rotatable bonds is 1. The number of ether oxygens (including phenoxy) is 1. The molecular formula is C11H22BNO2. The summed E-state index contributed by atoms with van der Waals surface area (Å²) in [6.45, 7) is 11.4. The van der Waals surface area contributed by atoms with Gasteiger partial charge >= 0.3 is 6.09 Å². The largest absolute Gasteiger partial charge is 0.444 e. The van der Waals surface area contributed by atoms with Gasteiger partial charge in [-0.15, -0.1) is 0 Å². The Morgan fingerprint density at radius 2 is 2.00 bits per heavy atom. The fourth-order valence-corrected chi connectivity index (χ4v) is 2.03. The van der Waals surface area contributed by atoms with Crippen LogP contribution in [0.2, 0.25) is 13.6 Å². The molecule has 0 radical (unpaired) electrons. The van der Waals surface area contributed by atoms with E-state index < -0.39 is 0 Å². The molecule has 0 aromatic heterocycles. The Morgan fingerprint density at radius 3 is 2.47 bits per heavy atom. The summed E-state index contributed by atoms with van der Waals surface area (Å²) < 4.78 is 5.39. The Bertz CT molecular complexity index is 235. The second-order valence-electron chi connectivity index (χ2n) is 5.63. The van der Waals surface area contributed by atoms with E-state index in [9.17, 15) is 4.79 Å². The summed E-state index contributed by atoms with van der Waals surface area (Å²) in [4.78, 5) is 13.8. The van der Waals surface area contributed by atoms with Crippen LogP contribution in [0, 0.1) is 0 Å². The van der Waals surface area contributed by atoms with E-state index in [1.165, 1.54) is 0 Å². The SMILES string of the molecule is CB(C)[C@@H]1CCCN1C(=O)OC(C)(C)C. The lowest BCUT2D eigenvalue weighted by atomic mass is 9.48. The van der Waals surface area contributed by atoms with Crippen LogP contribution in [-0.4, -0.2) is 35.8 Å². The minimum absolute atomic E-state index is 0.154. The highest BCUT2D eigenvalue weighted by molar-refractivity contribution is 6.57. The Morgan fingerprint density at radius 1 is 1.40 bits per heavy atom. The Hall–Kier alpha value is -0.665. The van der Waals surface area contributed by atoms with Crippen molar-refractivity contribution in [2.75, 3.05) is 6.54 Å². The van der Waals surface area contributed by atoms with E-state index >= 15 is 0 Å². The van der Waals surface area contributed by atoms with Crippen molar-refractivity contribution in [1.29, 1.82) is 0 Å². The minimum Gasteiger partial charge on any atom is -0.444 e. The van der Waals surface area contributed by atoms with Crippen LogP contribution >= 0.6 is 0 Å². The van der Waals surface area contributed by atoms with Crippen LogP contribution in [0.5, 0.6) is 0 Å². The van der Waals surface area contributed by atoms with E-state index in [0.717, 1.165) is 19.4 Å². The zero-order valence-electron chi connectivity index (χ0n) is 10.5. The van der Waals surface area contributed by atoms with E-state index in [2.05, 4.69) is 13.6 Å². The lowest BCUT2D eigenvalue weighted by Crippen LogP contribution is -2.45. The molecule has 0 N–H and O–H groups in total. The Labute approximate surface area is 93.2 Å².